The summed E-state index contributed by atoms with van der Waals surface area (Å²) in [6, 6.07) is 3.59. The topological polar surface area (TPSA) is 130 Å². The second-order valence-corrected chi connectivity index (χ2v) is 11.8. The second-order valence-electron chi connectivity index (χ2n) is 7.86. The van der Waals surface area contributed by atoms with E-state index in [4.69, 9.17) is 0 Å². The molecule has 1 aromatic rings. The Labute approximate surface area is 177 Å². The van der Waals surface area contributed by atoms with Gasteiger partial charge >= 0.3 is 0 Å². The third kappa shape index (κ3) is 5.29. The minimum atomic E-state index is -3.81. The lowest BCUT2D eigenvalue weighted by Crippen LogP contribution is -2.44. The van der Waals surface area contributed by atoms with Crippen molar-refractivity contribution in [2.24, 2.45) is 0 Å². The van der Waals surface area contributed by atoms with Gasteiger partial charge < -0.3 is 5.32 Å². The summed E-state index contributed by atoms with van der Waals surface area (Å²) in [6.07, 6.45) is 5.94. The Bertz CT molecular complexity index is 988. The maximum absolute atomic E-state index is 13.0. The van der Waals surface area contributed by atoms with E-state index in [0.717, 1.165) is 38.0 Å². The Balaban J connectivity index is 1.84. The lowest BCUT2D eigenvalue weighted by atomic mass is 10.1. The smallest absolute Gasteiger partial charge is 0.293 e. The standard InChI is InChI=1S/C18H28N4O6S2/c1-29(25,26)21-12-6-7-15(14-21)19-17-9-8-16(13-18(17)22(23)24)30(27,28)20-10-4-2-3-5-11-20/h8-9,13,15,19H,2-7,10-12,14H2,1H3. The van der Waals surface area contributed by atoms with Crippen molar-refractivity contribution in [3.8, 4) is 0 Å². The number of piperidine rings is 1. The van der Waals surface area contributed by atoms with Gasteiger partial charge in [0.15, 0.2) is 0 Å². The lowest BCUT2D eigenvalue weighted by Gasteiger charge is -2.31. The van der Waals surface area contributed by atoms with Crippen molar-refractivity contribution in [3.63, 3.8) is 0 Å². The van der Waals surface area contributed by atoms with Crippen LogP contribution in [-0.4, -0.2) is 68.8 Å². The quantitative estimate of drug-likeness (QED) is 0.507. The van der Waals surface area contributed by atoms with Crippen LogP contribution in [0, 0.1) is 10.1 Å². The van der Waals surface area contributed by atoms with Crippen molar-refractivity contribution in [1.29, 1.82) is 0 Å². The molecule has 0 aliphatic carbocycles. The molecule has 3 rings (SSSR count). The Morgan fingerprint density at radius 3 is 2.23 bits per heavy atom. The molecular weight excluding hydrogens is 432 g/mol. The zero-order valence-corrected chi connectivity index (χ0v) is 18.6. The van der Waals surface area contributed by atoms with Gasteiger partial charge in [-0.3, -0.25) is 10.1 Å². The Kier molecular flexibility index (Phi) is 7.00. The zero-order valence-electron chi connectivity index (χ0n) is 17.0. The van der Waals surface area contributed by atoms with Gasteiger partial charge in [0.1, 0.15) is 5.69 Å². The summed E-state index contributed by atoms with van der Waals surface area (Å²) < 4.78 is 52.3. The number of hydrogen-bond donors (Lipinski definition) is 1. The molecule has 1 atom stereocenters. The summed E-state index contributed by atoms with van der Waals surface area (Å²) in [5.74, 6) is 0. The highest BCUT2D eigenvalue weighted by Gasteiger charge is 2.30. The van der Waals surface area contributed by atoms with Crippen LogP contribution in [0.25, 0.3) is 0 Å². The van der Waals surface area contributed by atoms with Crippen LogP contribution in [0.3, 0.4) is 0 Å². The average Bonchev–Trinajstić information content (AvgIpc) is 2.97. The fourth-order valence-electron chi connectivity index (χ4n) is 3.96. The van der Waals surface area contributed by atoms with Crippen molar-refractivity contribution in [2.75, 3.05) is 37.8 Å². The highest BCUT2D eigenvalue weighted by molar-refractivity contribution is 7.89. The van der Waals surface area contributed by atoms with E-state index in [2.05, 4.69) is 5.32 Å². The van der Waals surface area contributed by atoms with Crippen molar-refractivity contribution < 1.29 is 21.8 Å². The Morgan fingerprint density at radius 2 is 1.63 bits per heavy atom. The summed E-state index contributed by atoms with van der Waals surface area (Å²) in [5.41, 5.74) is -0.141. The maximum Gasteiger partial charge on any atom is 0.293 e. The third-order valence-corrected chi connectivity index (χ3v) is 8.75. The number of anilines is 1. The van der Waals surface area contributed by atoms with Gasteiger partial charge in [-0.25, -0.2) is 21.1 Å². The van der Waals surface area contributed by atoms with Crippen LogP contribution in [0.4, 0.5) is 11.4 Å². The van der Waals surface area contributed by atoms with Crippen molar-refractivity contribution >= 4 is 31.4 Å². The number of nitro groups is 1. The number of sulfonamides is 2. The van der Waals surface area contributed by atoms with Crippen LogP contribution in [-0.2, 0) is 20.0 Å². The molecule has 2 aliphatic heterocycles. The van der Waals surface area contributed by atoms with Gasteiger partial charge in [0.2, 0.25) is 20.0 Å². The molecule has 0 saturated carbocycles. The molecule has 2 saturated heterocycles. The predicted octanol–water partition coefficient (Wildman–Crippen LogP) is 2.00. The van der Waals surface area contributed by atoms with E-state index < -0.39 is 25.0 Å². The van der Waals surface area contributed by atoms with Crippen molar-refractivity contribution in [3.05, 3.63) is 28.3 Å². The van der Waals surface area contributed by atoms with E-state index in [0.29, 0.717) is 32.5 Å². The Morgan fingerprint density at radius 1 is 1.00 bits per heavy atom. The predicted molar refractivity (Wildman–Crippen MR) is 113 cm³/mol. The number of nitrogens with one attached hydrogen (secondary N) is 1. The molecule has 1 N–H and O–H groups in total. The fourth-order valence-corrected chi connectivity index (χ4v) is 6.41. The summed E-state index contributed by atoms with van der Waals surface area (Å²) >= 11 is 0. The maximum atomic E-state index is 13.0. The molecule has 0 bridgehead atoms. The van der Waals surface area contributed by atoms with E-state index in [1.165, 1.54) is 20.7 Å². The molecule has 168 valence electrons. The molecule has 2 aliphatic rings. The molecule has 12 heteroatoms. The fraction of sp³-hybridized carbons (Fsp3) is 0.667. The van der Waals surface area contributed by atoms with E-state index in [1.54, 1.807) is 0 Å². The van der Waals surface area contributed by atoms with E-state index in [-0.39, 0.29) is 28.9 Å². The molecule has 10 nitrogen and oxygen atoms in total. The minimum Gasteiger partial charge on any atom is -0.375 e. The molecule has 0 amide bonds. The molecule has 0 spiro atoms. The zero-order chi connectivity index (χ0) is 21.9. The first-order valence-corrected chi connectivity index (χ1v) is 13.4. The number of hydrogen-bond acceptors (Lipinski definition) is 7. The number of benzene rings is 1. The van der Waals surface area contributed by atoms with Gasteiger partial charge in [0.05, 0.1) is 16.1 Å². The Hall–Kier alpha value is -1.76. The van der Waals surface area contributed by atoms with E-state index >= 15 is 0 Å². The summed E-state index contributed by atoms with van der Waals surface area (Å²) in [6.45, 7) is 1.47. The van der Waals surface area contributed by atoms with E-state index in [9.17, 15) is 26.9 Å². The molecular formula is C18H28N4O6S2. The molecule has 2 heterocycles. The molecule has 2 fully saturated rings. The van der Waals surface area contributed by atoms with Gasteiger partial charge in [-0.2, -0.15) is 4.31 Å². The summed E-state index contributed by atoms with van der Waals surface area (Å²) in [5, 5.41) is 14.7. The second kappa shape index (κ2) is 9.16. The van der Waals surface area contributed by atoms with Crippen molar-refractivity contribution in [2.45, 2.75) is 49.5 Å². The third-order valence-electron chi connectivity index (χ3n) is 5.58. The normalized spacial score (nSPS) is 22.4. The number of nitrogens with zero attached hydrogens (tertiary/aromatic N) is 3. The molecule has 30 heavy (non-hydrogen) atoms. The monoisotopic (exact) mass is 460 g/mol. The number of rotatable bonds is 6. The first-order chi connectivity index (χ1) is 14.1. The van der Waals surface area contributed by atoms with Crippen LogP contribution in [0.5, 0.6) is 0 Å². The van der Waals surface area contributed by atoms with E-state index in [1.807, 2.05) is 0 Å². The van der Waals surface area contributed by atoms with Crippen molar-refractivity contribution in [1.82, 2.24) is 8.61 Å². The lowest BCUT2D eigenvalue weighted by molar-refractivity contribution is -0.384. The highest BCUT2D eigenvalue weighted by atomic mass is 32.2. The number of nitro benzene ring substituents is 1. The van der Waals surface area contributed by atoms with Crippen LogP contribution < -0.4 is 5.32 Å². The molecule has 1 aromatic carbocycles. The van der Waals surface area contributed by atoms with Crippen LogP contribution in [0.1, 0.15) is 38.5 Å². The van der Waals surface area contributed by atoms with Crippen LogP contribution >= 0.6 is 0 Å². The molecule has 1 unspecified atom stereocenters. The largest absolute Gasteiger partial charge is 0.375 e. The van der Waals surface area contributed by atoms with Gasteiger partial charge in [-0.05, 0) is 37.8 Å². The summed E-state index contributed by atoms with van der Waals surface area (Å²) in [7, 11) is -7.15. The highest BCUT2D eigenvalue weighted by Crippen LogP contribution is 2.31. The first-order valence-electron chi connectivity index (χ1n) is 10.1. The summed E-state index contributed by atoms with van der Waals surface area (Å²) in [4.78, 5) is 10.9. The molecule has 0 radical (unpaired) electrons. The van der Waals surface area contributed by atoms with Gasteiger partial charge in [0, 0.05) is 38.3 Å². The molecule has 0 aromatic heterocycles. The van der Waals surface area contributed by atoms with Crippen LogP contribution in [0.2, 0.25) is 0 Å². The van der Waals surface area contributed by atoms with Crippen LogP contribution in [0.15, 0.2) is 23.1 Å². The van der Waals surface area contributed by atoms with Gasteiger partial charge in [0.25, 0.3) is 5.69 Å². The minimum absolute atomic E-state index is 0.0944. The average molecular weight is 461 g/mol. The SMILES string of the molecule is CS(=O)(=O)N1CCCC(Nc2ccc(S(=O)(=O)N3CCCCCC3)cc2[N+](=O)[O-])C1. The van der Waals surface area contributed by atoms with Gasteiger partial charge in [-0.1, -0.05) is 12.8 Å². The van der Waals surface area contributed by atoms with Gasteiger partial charge in [-0.15, -0.1) is 0 Å². The first kappa shape index (κ1) is 22.9.